The Kier molecular flexibility index (Phi) is 4.92. The van der Waals surface area contributed by atoms with E-state index in [4.69, 9.17) is 0 Å². The lowest BCUT2D eigenvalue weighted by atomic mass is 9.59. The molecular formula is C29H36N+. The first-order valence-corrected chi connectivity index (χ1v) is 11.3. The molecule has 156 valence electrons. The predicted molar refractivity (Wildman–Crippen MR) is 127 cm³/mol. The van der Waals surface area contributed by atoms with Gasteiger partial charge in [0.1, 0.15) is 7.05 Å². The summed E-state index contributed by atoms with van der Waals surface area (Å²) < 4.78 is 2.31. The molecule has 0 unspecified atom stereocenters. The first-order valence-electron chi connectivity index (χ1n) is 11.3. The zero-order valence-electron chi connectivity index (χ0n) is 19.9. The molecule has 0 N–H and O–H groups in total. The quantitative estimate of drug-likeness (QED) is 0.435. The van der Waals surface area contributed by atoms with Crippen LogP contribution in [-0.2, 0) is 24.3 Å². The molecule has 0 aliphatic heterocycles. The van der Waals surface area contributed by atoms with Gasteiger partial charge in [-0.25, -0.2) is 4.57 Å². The van der Waals surface area contributed by atoms with E-state index in [0.29, 0.717) is 5.92 Å². The summed E-state index contributed by atoms with van der Waals surface area (Å²) in [7, 11) is 2.18. The van der Waals surface area contributed by atoms with Gasteiger partial charge in [-0.2, -0.15) is 0 Å². The largest absolute Gasteiger partial charge is 0.212 e. The van der Waals surface area contributed by atoms with E-state index >= 15 is 0 Å². The number of rotatable bonds is 3. The normalized spacial score (nSPS) is 16.3. The molecule has 0 radical (unpaired) electrons. The maximum absolute atomic E-state index is 2.47. The second-order valence-corrected chi connectivity index (χ2v) is 10.6. The number of hydrogen-bond donors (Lipinski definition) is 0. The van der Waals surface area contributed by atoms with Crippen LogP contribution in [0.3, 0.4) is 0 Å². The lowest BCUT2D eigenvalue weighted by Gasteiger charge is -2.44. The Morgan fingerprint density at radius 3 is 1.90 bits per heavy atom. The van der Waals surface area contributed by atoms with E-state index in [1.54, 1.807) is 0 Å². The van der Waals surface area contributed by atoms with E-state index in [9.17, 15) is 0 Å². The highest BCUT2D eigenvalue weighted by Gasteiger charge is 2.42. The highest BCUT2D eigenvalue weighted by molar-refractivity contribution is 5.69. The Labute approximate surface area is 182 Å². The minimum absolute atomic E-state index is 0.00798. The van der Waals surface area contributed by atoms with Crippen molar-refractivity contribution in [1.82, 2.24) is 0 Å². The summed E-state index contributed by atoms with van der Waals surface area (Å²) in [4.78, 5) is 0. The molecule has 0 spiro atoms. The van der Waals surface area contributed by atoms with Crippen LogP contribution in [0.2, 0.25) is 0 Å². The average Bonchev–Trinajstić information content (AvgIpc) is 2.67. The fourth-order valence-corrected chi connectivity index (χ4v) is 5.42. The van der Waals surface area contributed by atoms with Crippen LogP contribution in [0.1, 0.15) is 74.9 Å². The lowest BCUT2D eigenvalue weighted by molar-refractivity contribution is -0.660. The van der Waals surface area contributed by atoms with Crippen molar-refractivity contribution in [2.75, 3.05) is 0 Å². The van der Waals surface area contributed by atoms with Crippen LogP contribution in [0, 0.1) is 12.8 Å². The van der Waals surface area contributed by atoms with Gasteiger partial charge >= 0.3 is 0 Å². The van der Waals surface area contributed by atoms with Gasteiger partial charge in [-0.05, 0) is 59.2 Å². The van der Waals surface area contributed by atoms with Crippen molar-refractivity contribution in [1.29, 1.82) is 0 Å². The summed E-state index contributed by atoms with van der Waals surface area (Å²) in [6.07, 6.45) is 3.42. The minimum Gasteiger partial charge on any atom is -0.201 e. The molecule has 1 aliphatic carbocycles. The monoisotopic (exact) mass is 398 g/mol. The molecule has 30 heavy (non-hydrogen) atoms. The molecule has 1 aromatic heterocycles. The van der Waals surface area contributed by atoms with Crippen molar-refractivity contribution in [2.24, 2.45) is 13.0 Å². The van der Waals surface area contributed by atoms with E-state index in [1.165, 1.54) is 44.6 Å². The molecule has 0 amide bonds. The van der Waals surface area contributed by atoms with Gasteiger partial charge in [0.05, 0.1) is 0 Å². The fraction of sp³-hybridized carbons (Fsp3) is 0.414. The summed E-state index contributed by atoms with van der Waals surface area (Å²) in [6, 6.07) is 18.5. The molecule has 0 atom stereocenters. The Morgan fingerprint density at radius 2 is 1.37 bits per heavy atom. The highest BCUT2D eigenvalue weighted by atomic mass is 14.9. The predicted octanol–water partition coefficient (Wildman–Crippen LogP) is 6.65. The zero-order chi connectivity index (χ0) is 21.8. The van der Waals surface area contributed by atoms with Crippen LogP contribution >= 0.6 is 0 Å². The molecule has 2 aromatic carbocycles. The average molecular weight is 399 g/mol. The number of hydrogen-bond acceptors (Lipinski definition) is 0. The molecule has 1 heterocycles. The number of pyridine rings is 1. The fourth-order valence-electron chi connectivity index (χ4n) is 5.42. The van der Waals surface area contributed by atoms with Crippen LogP contribution in [0.5, 0.6) is 0 Å². The third-order valence-electron chi connectivity index (χ3n) is 7.10. The maximum atomic E-state index is 2.47. The van der Waals surface area contributed by atoms with Gasteiger partial charge < -0.3 is 0 Å². The first-order chi connectivity index (χ1) is 14.0. The van der Waals surface area contributed by atoms with Crippen LogP contribution in [0.15, 0.2) is 54.7 Å². The molecule has 1 heteroatoms. The van der Waals surface area contributed by atoms with Gasteiger partial charge in [0.2, 0.25) is 5.69 Å². The smallest absolute Gasteiger partial charge is 0.201 e. The number of benzene rings is 2. The standard InChI is InChI=1S/C29H36N/c1-19(2)15-21-13-14-27(30(8)18-21)22-17-26-25(16-20(22)3)28(4,5)23-11-9-10-12-24(23)29(26,6)7/h9-14,16-19H,15H2,1-8H3/q+1. The summed E-state index contributed by atoms with van der Waals surface area (Å²) in [5.41, 5.74) is 11.2. The number of aromatic nitrogens is 1. The highest BCUT2D eigenvalue weighted by Crippen LogP contribution is 2.50. The molecule has 4 rings (SSSR count). The van der Waals surface area contributed by atoms with Crippen molar-refractivity contribution in [3.05, 3.63) is 88.1 Å². The van der Waals surface area contributed by atoms with E-state index in [2.05, 4.69) is 115 Å². The van der Waals surface area contributed by atoms with Gasteiger partial charge in [-0.1, -0.05) is 71.9 Å². The maximum Gasteiger partial charge on any atom is 0.212 e. The van der Waals surface area contributed by atoms with Crippen LogP contribution in [-0.4, -0.2) is 0 Å². The van der Waals surface area contributed by atoms with Crippen LogP contribution in [0.25, 0.3) is 11.3 Å². The zero-order valence-corrected chi connectivity index (χ0v) is 19.9. The number of fused-ring (bicyclic) bond motifs is 2. The van der Waals surface area contributed by atoms with Crippen LogP contribution < -0.4 is 4.57 Å². The molecule has 0 saturated carbocycles. The van der Waals surface area contributed by atoms with E-state index in [1.807, 2.05) is 0 Å². The van der Waals surface area contributed by atoms with Crippen molar-refractivity contribution in [3.8, 4) is 11.3 Å². The SMILES string of the molecule is Cc1cc2c(cc1-c1ccc(CC(C)C)c[n+]1C)C(C)(C)c1ccccc1C2(C)C. The van der Waals surface area contributed by atoms with Crippen LogP contribution in [0.4, 0.5) is 0 Å². The topological polar surface area (TPSA) is 3.88 Å². The van der Waals surface area contributed by atoms with E-state index in [0.717, 1.165) is 6.42 Å². The molecule has 0 bridgehead atoms. The van der Waals surface area contributed by atoms with Gasteiger partial charge in [-0.3, -0.25) is 0 Å². The van der Waals surface area contributed by atoms with Gasteiger partial charge in [-0.15, -0.1) is 0 Å². The Hall–Kier alpha value is -2.41. The molecule has 0 fully saturated rings. The van der Waals surface area contributed by atoms with Gasteiger partial charge in [0.25, 0.3) is 0 Å². The van der Waals surface area contributed by atoms with E-state index in [-0.39, 0.29) is 10.8 Å². The Balaban J connectivity index is 1.91. The first kappa shape index (κ1) is 20.8. The lowest BCUT2D eigenvalue weighted by Crippen LogP contribution is -2.37. The second kappa shape index (κ2) is 7.08. The van der Waals surface area contributed by atoms with Gasteiger partial charge in [0, 0.05) is 28.0 Å². The van der Waals surface area contributed by atoms with Gasteiger partial charge in [0.15, 0.2) is 6.20 Å². The molecule has 1 nitrogen and oxygen atoms in total. The second-order valence-electron chi connectivity index (χ2n) is 10.6. The third kappa shape index (κ3) is 3.20. The molecule has 0 saturated heterocycles. The minimum atomic E-state index is -0.0138. The number of nitrogens with zero attached hydrogens (tertiary/aromatic N) is 1. The third-order valence-corrected chi connectivity index (χ3v) is 7.10. The Bertz CT molecular complexity index is 1120. The molecule has 3 aromatic rings. The Morgan fingerprint density at radius 1 is 0.800 bits per heavy atom. The van der Waals surface area contributed by atoms with Crippen molar-refractivity contribution in [3.63, 3.8) is 0 Å². The summed E-state index contributed by atoms with van der Waals surface area (Å²) in [5.74, 6) is 0.671. The summed E-state index contributed by atoms with van der Waals surface area (Å²) >= 11 is 0. The van der Waals surface area contributed by atoms with Crippen molar-refractivity contribution in [2.45, 2.75) is 65.7 Å². The summed E-state index contributed by atoms with van der Waals surface area (Å²) in [5, 5.41) is 0. The molecule has 1 aliphatic rings. The van der Waals surface area contributed by atoms with Crippen molar-refractivity contribution >= 4 is 0 Å². The molecular weight excluding hydrogens is 362 g/mol. The number of aryl methyl sites for hydroxylation is 2. The summed E-state index contributed by atoms with van der Waals surface area (Å²) in [6.45, 7) is 16.3. The van der Waals surface area contributed by atoms with Crippen molar-refractivity contribution < 1.29 is 4.57 Å². The van der Waals surface area contributed by atoms with E-state index < -0.39 is 0 Å².